The van der Waals surface area contributed by atoms with Gasteiger partial charge in [0, 0.05) is 30.2 Å². The summed E-state index contributed by atoms with van der Waals surface area (Å²) in [7, 11) is 3.23. The second kappa shape index (κ2) is 9.45. The number of hydrogen-bond donors (Lipinski definition) is 0. The molecule has 1 atom stereocenters. The van der Waals surface area contributed by atoms with E-state index in [0.717, 1.165) is 24.2 Å². The average molecular weight is 397 g/mol. The number of carbonyl (C=O) groups excluding carboxylic acids is 2. The zero-order chi connectivity index (χ0) is 20.8. The minimum atomic E-state index is -0.0703. The van der Waals surface area contributed by atoms with Crippen LogP contribution in [0.2, 0.25) is 0 Å². The van der Waals surface area contributed by atoms with Gasteiger partial charge in [0.1, 0.15) is 17.2 Å². The van der Waals surface area contributed by atoms with Crippen LogP contribution in [-0.4, -0.2) is 44.0 Å². The molecule has 1 heterocycles. The predicted molar refractivity (Wildman–Crippen MR) is 110 cm³/mol. The van der Waals surface area contributed by atoms with E-state index in [-0.39, 0.29) is 24.3 Å². The van der Waals surface area contributed by atoms with Crippen molar-refractivity contribution in [1.82, 2.24) is 4.90 Å². The molecule has 0 saturated carbocycles. The van der Waals surface area contributed by atoms with Crippen LogP contribution < -0.4 is 14.2 Å². The predicted octanol–water partition coefficient (Wildman–Crippen LogP) is 4.04. The van der Waals surface area contributed by atoms with E-state index in [1.807, 2.05) is 30.0 Å². The van der Waals surface area contributed by atoms with Gasteiger partial charge in [-0.3, -0.25) is 9.59 Å². The second-order valence-corrected chi connectivity index (χ2v) is 6.94. The number of hydrogen-bond acceptors (Lipinski definition) is 5. The Balaban J connectivity index is 1.67. The Bertz CT molecular complexity index is 862. The van der Waals surface area contributed by atoms with E-state index in [0.29, 0.717) is 30.0 Å². The van der Waals surface area contributed by atoms with Gasteiger partial charge in [-0.05, 0) is 49.2 Å². The van der Waals surface area contributed by atoms with E-state index in [2.05, 4.69) is 0 Å². The number of methoxy groups -OCH3 is 2. The molecule has 0 spiro atoms. The maximum Gasteiger partial charge on any atom is 0.261 e. The first kappa shape index (κ1) is 20.7. The highest BCUT2D eigenvalue weighted by atomic mass is 16.5. The topological polar surface area (TPSA) is 65.1 Å². The van der Waals surface area contributed by atoms with E-state index < -0.39 is 0 Å². The van der Waals surface area contributed by atoms with Crippen LogP contribution >= 0.6 is 0 Å². The third kappa shape index (κ3) is 4.70. The number of ketones is 1. The first-order valence-electron chi connectivity index (χ1n) is 9.84. The van der Waals surface area contributed by atoms with Gasteiger partial charge in [0.25, 0.3) is 5.91 Å². The van der Waals surface area contributed by atoms with Crippen molar-refractivity contribution < 1.29 is 23.8 Å². The molecule has 1 aliphatic rings. The number of ether oxygens (including phenoxy) is 3. The Morgan fingerprint density at radius 2 is 1.76 bits per heavy atom. The summed E-state index contributed by atoms with van der Waals surface area (Å²) in [5, 5.41) is 0. The molecule has 1 aliphatic heterocycles. The van der Waals surface area contributed by atoms with Gasteiger partial charge in [-0.25, -0.2) is 0 Å². The van der Waals surface area contributed by atoms with Crippen LogP contribution in [0.1, 0.15) is 48.1 Å². The van der Waals surface area contributed by atoms with E-state index in [4.69, 9.17) is 14.2 Å². The summed E-state index contributed by atoms with van der Waals surface area (Å²) in [6.45, 7) is 2.47. The van der Waals surface area contributed by atoms with Crippen LogP contribution in [0.25, 0.3) is 0 Å². The molecule has 1 saturated heterocycles. The highest BCUT2D eigenvalue weighted by Crippen LogP contribution is 2.38. The second-order valence-electron chi connectivity index (χ2n) is 6.94. The molecule has 6 nitrogen and oxygen atoms in total. The van der Waals surface area contributed by atoms with Crippen LogP contribution in [0.15, 0.2) is 42.5 Å². The van der Waals surface area contributed by atoms with E-state index in [1.54, 1.807) is 38.5 Å². The number of carbonyl (C=O) groups is 2. The molecule has 2 aromatic rings. The first-order valence-corrected chi connectivity index (χ1v) is 9.84. The molecular weight excluding hydrogens is 370 g/mol. The van der Waals surface area contributed by atoms with Crippen molar-refractivity contribution in [1.29, 1.82) is 0 Å². The van der Waals surface area contributed by atoms with Gasteiger partial charge in [0.05, 0.1) is 20.3 Å². The Labute approximate surface area is 171 Å². The van der Waals surface area contributed by atoms with Crippen LogP contribution in [-0.2, 0) is 4.79 Å². The third-order valence-electron chi connectivity index (χ3n) is 5.23. The molecule has 6 heteroatoms. The molecule has 1 fully saturated rings. The molecule has 0 aliphatic carbocycles. The molecule has 154 valence electrons. The molecule has 0 radical (unpaired) electrons. The van der Waals surface area contributed by atoms with Gasteiger partial charge in [-0.15, -0.1) is 0 Å². The summed E-state index contributed by atoms with van der Waals surface area (Å²) in [5.41, 5.74) is 1.62. The van der Waals surface area contributed by atoms with E-state index >= 15 is 0 Å². The molecule has 0 N–H and O–H groups in total. The average Bonchev–Trinajstić information content (AvgIpc) is 3.26. The molecule has 1 amide bonds. The highest BCUT2D eigenvalue weighted by Gasteiger charge is 2.32. The quantitative estimate of drug-likeness (QED) is 0.629. The largest absolute Gasteiger partial charge is 0.497 e. The molecule has 0 unspecified atom stereocenters. The first-order chi connectivity index (χ1) is 14.1. The van der Waals surface area contributed by atoms with Crippen molar-refractivity contribution in [3.05, 3.63) is 53.6 Å². The van der Waals surface area contributed by atoms with Gasteiger partial charge >= 0.3 is 0 Å². The lowest BCUT2D eigenvalue weighted by Gasteiger charge is -2.26. The number of likely N-dealkylation sites (tertiary alicyclic amines) is 1. The van der Waals surface area contributed by atoms with Crippen molar-refractivity contribution in [2.45, 2.75) is 32.2 Å². The fourth-order valence-corrected chi connectivity index (χ4v) is 3.65. The zero-order valence-electron chi connectivity index (χ0n) is 17.1. The standard InChI is InChI=1S/C23H27NO5/c1-4-21(25)16-7-9-17(10-8-16)29-15-23(26)24-13-5-6-20(24)19-12-11-18(27-2)14-22(19)28-3/h7-12,14,20H,4-6,13,15H2,1-3H3/t20-/m0/s1. The van der Waals surface area contributed by atoms with Crippen molar-refractivity contribution in [3.8, 4) is 17.2 Å². The molecule has 0 aromatic heterocycles. The summed E-state index contributed by atoms with van der Waals surface area (Å²) >= 11 is 0. The van der Waals surface area contributed by atoms with Crippen LogP contribution in [0.4, 0.5) is 0 Å². The maximum atomic E-state index is 12.8. The van der Waals surface area contributed by atoms with Crippen molar-refractivity contribution >= 4 is 11.7 Å². The Morgan fingerprint density at radius 1 is 1.03 bits per heavy atom. The number of nitrogens with zero attached hydrogens (tertiary/aromatic N) is 1. The Hall–Kier alpha value is -3.02. The Morgan fingerprint density at radius 3 is 2.41 bits per heavy atom. The Kier molecular flexibility index (Phi) is 6.75. The summed E-state index contributed by atoms with van der Waals surface area (Å²) in [5.74, 6) is 2.02. The summed E-state index contributed by atoms with van der Waals surface area (Å²) in [6.07, 6.45) is 2.27. The minimum absolute atomic E-state index is 0.0449. The lowest BCUT2D eigenvalue weighted by Crippen LogP contribution is -2.34. The van der Waals surface area contributed by atoms with E-state index in [9.17, 15) is 9.59 Å². The fourth-order valence-electron chi connectivity index (χ4n) is 3.65. The summed E-state index contributed by atoms with van der Waals surface area (Å²) in [4.78, 5) is 26.4. The number of rotatable bonds is 8. The number of benzene rings is 2. The van der Waals surface area contributed by atoms with Gasteiger partial charge in [-0.2, -0.15) is 0 Å². The van der Waals surface area contributed by atoms with Crippen LogP contribution in [0.5, 0.6) is 17.2 Å². The smallest absolute Gasteiger partial charge is 0.261 e. The van der Waals surface area contributed by atoms with Crippen molar-refractivity contribution in [2.24, 2.45) is 0 Å². The normalized spacial score (nSPS) is 15.8. The van der Waals surface area contributed by atoms with Gasteiger partial charge in [0.15, 0.2) is 12.4 Å². The van der Waals surface area contributed by atoms with Crippen LogP contribution in [0.3, 0.4) is 0 Å². The fraction of sp³-hybridized carbons (Fsp3) is 0.391. The minimum Gasteiger partial charge on any atom is -0.497 e. The van der Waals surface area contributed by atoms with E-state index in [1.165, 1.54) is 0 Å². The van der Waals surface area contributed by atoms with Gasteiger partial charge in [-0.1, -0.05) is 6.92 Å². The lowest BCUT2D eigenvalue weighted by molar-refractivity contribution is -0.134. The molecular formula is C23H27NO5. The molecule has 2 aromatic carbocycles. The maximum absolute atomic E-state index is 12.8. The van der Waals surface area contributed by atoms with Crippen molar-refractivity contribution in [3.63, 3.8) is 0 Å². The summed E-state index contributed by atoms with van der Waals surface area (Å²) in [6, 6.07) is 12.5. The monoisotopic (exact) mass is 397 g/mol. The highest BCUT2D eigenvalue weighted by molar-refractivity contribution is 5.95. The molecule has 3 rings (SSSR count). The molecule has 0 bridgehead atoms. The van der Waals surface area contributed by atoms with Crippen LogP contribution in [0, 0.1) is 0 Å². The molecule has 29 heavy (non-hydrogen) atoms. The number of amides is 1. The third-order valence-corrected chi connectivity index (χ3v) is 5.23. The van der Waals surface area contributed by atoms with Gasteiger partial charge in [0.2, 0.25) is 0 Å². The van der Waals surface area contributed by atoms with Gasteiger partial charge < -0.3 is 19.1 Å². The zero-order valence-corrected chi connectivity index (χ0v) is 17.1. The number of Topliss-reactive ketones (excluding diaryl/α,β-unsaturated/α-hetero) is 1. The van der Waals surface area contributed by atoms with Crippen molar-refractivity contribution in [2.75, 3.05) is 27.4 Å². The lowest BCUT2D eigenvalue weighted by atomic mass is 10.0. The SMILES string of the molecule is CCC(=O)c1ccc(OCC(=O)N2CCC[C@H]2c2ccc(OC)cc2OC)cc1. The summed E-state index contributed by atoms with van der Waals surface area (Å²) < 4.78 is 16.5.